The number of rotatable bonds is 2. The lowest BCUT2D eigenvalue weighted by atomic mass is 10.3. The molecule has 1 atom stereocenters. The first kappa shape index (κ1) is 10.7. The molecule has 1 heterocycles. The van der Waals surface area contributed by atoms with E-state index in [-0.39, 0.29) is 12.0 Å². The van der Waals surface area contributed by atoms with Gasteiger partial charge in [-0.15, -0.1) is 0 Å². The van der Waals surface area contributed by atoms with E-state index in [1.165, 1.54) is 7.11 Å². The Labute approximate surface area is 79.0 Å². The van der Waals surface area contributed by atoms with E-state index in [4.69, 9.17) is 4.74 Å². The van der Waals surface area contributed by atoms with Gasteiger partial charge in [-0.2, -0.15) is 0 Å². The standard InChI is InChI=1S/C8H16NO3P/c1-7(12-2)8(10)9-3-5-13(11)6-4-9/h7,13H,3-6H2,1-2H3/t7-/m1/s1. The van der Waals surface area contributed by atoms with Crippen molar-refractivity contribution in [3.63, 3.8) is 0 Å². The zero-order chi connectivity index (χ0) is 9.84. The fraction of sp³-hybridized carbons (Fsp3) is 0.875. The first-order chi connectivity index (χ1) is 6.15. The smallest absolute Gasteiger partial charge is 0.251 e. The molecular formula is C8H16NO3P. The van der Waals surface area contributed by atoms with Gasteiger partial charge in [0.25, 0.3) is 5.91 Å². The molecule has 1 saturated heterocycles. The monoisotopic (exact) mass is 205 g/mol. The van der Waals surface area contributed by atoms with Crippen LogP contribution >= 0.6 is 7.80 Å². The number of methoxy groups -OCH3 is 1. The van der Waals surface area contributed by atoms with Crippen LogP contribution in [0.2, 0.25) is 0 Å². The van der Waals surface area contributed by atoms with Crippen LogP contribution in [0.3, 0.4) is 0 Å². The van der Waals surface area contributed by atoms with Crippen molar-refractivity contribution in [3.8, 4) is 0 Å². The van der Waals surface area contributed by atoms with Crippen LogP contribution in [0.5, 0.6) is 0 Å². The fourth-order valence-electron chi connectivity index (χ4n) is 1.33. The summed E-state index contributed by atoms with van der Waals surface area (Å²) in [5.41, 5.74) is 0. The van der Waals surface area contributed by atoms with Crippen LogP contribution in [0.15, 0.2) is 0 Å². The molecule has 13 heavy (non-hydrogen) atoms. The molecule has 4 nitrogen and oxygen atoms in total. The highest BCUT2D eigenvalue weighted by atomic mass is 31.1. The summed E-state index contributed by atoms with van der Waals surface area (Å²) in [5.74, 6) is 0.0111. The molecule has 0 N–H and O–H groups in total. The molecule has 0 radical (unpaired) electrons. The molecule has 1 rings (SSSR count). The number of hydrogen-bond donors (Lipinski definition) is 0. The van der Waals surface area contributed by atoms with E-state index in [1.807, 2.05) is 0 Å². The summed E-state index contributed by atoms with van der Waals surface area (Å²) in [6.45, 7) is 2.99. The molecule has 0 aliphatic carbocycles. The predicted molar refractivity (Wildman–Crippen MR) is 51.8 cm³/mol. The average molecular weight is 205 g/mol. The van der Waals surface area contributed by atoms with Crippen LogP contribution in [0.1, 0.15) is 6.92 Å². The third-order valence-electron chi connectivity index (χ3n) is 2.33. The largest absolute Gasteiger partial charge is 0.372 e. The van der Waals surface area contributed by atoms with Gasteiger partial charge in [0.05, 0.1) is 7.80 Å². The molecular weight excluding hydrogens is 189 g/mol. The molecule has 1 amide bonds. The average Bonchev–Trinajstić information content (AvgIpc) is 2.17. The van der Waals surface area contributed by atoms with Crippen molar-refractivity contribution in [2.24, 2.45) is 0 Å². The first-order valence-corrected chi connectivity index (χ1v) is 6.30. The van der Waals surface area contributed by atoms with Gasteiger partial charge in [0, 0.05) is 32.5 Å². The lowest BCUT2D eigenvalue weighted by Gasteiger charge is -2.28. The van der Waals surface area contributed by atoms with Crippen LogP contribution in [0.4, 0.5) is 0 Å². The van der Waals surface area contributed by atoms with Crippen LogP contribution in [-0.4, -0.2) is 49.4 Å². The second-order valence-corrected chi connectivity index (χ2v) is 5.32. The molecule has 0 bridgehead atoms. The molecule has 0 aromatic heterocycles. The zero-order valence-electron chi connectivity index (χ0n) is 8.08. The van der Waals surface area contributed by atoms with Gasteiger partial charge in [-0.1, -0.05) is 0 Å². The Balaban J connectivity index is 2.44. The molecule has 0 spiro atoms. The summed E-state index contributed by atoms with van der Waals surface area (Å²) in [4.78, 5) is 13.3. The summed E-state index contributed by atoms with van der Waals surface area (Å²) in [5, 5.41) is 0. The Kier molecular flexibility index (Phi) is 3.94. The van der Waals surface area contributed by atoms with Crippen LogP contribution in [0, 0.1) is 0 Å². The molecule has 1 aliphatic rings. The SMILES string of the molecule is CO[C@H](C)C(=O)N1CC[PH](=O)CC1. The Hall–Kier alpha value is -0.340. The molecule has 0 unspecified atom stereocenters. The van der Waals surface area contributed by atoms with Crippen LogP contribution in [-0.2, 0) is 14.1 Å². The molecule has 76 valence electrons. The summed E-state index contributed by atoms with van der Waals surface area (Å²) >= 11 is 0. The van der Waals surface area contributed by atoms with Crippen molar-refractivity contribution in [2.75, 3.05) is 32.5 Å². The zero-order valence-corrected chi connectivity index (χ0v) is 9.08. The maximum Gasteiger partial charge on any atom is 0.251 e. The van der Waals surface area contributed by atoms with Crippen LogP contribution < -0.4 is 0 Å². The topological polar surface area (TPSA) is 46.6 Å². The normalized spacial score (nSPS) is 21.5. The van der Waals surface area contributed by atoms with Gasteiger partial charge in [0.2, 0.25) is 0 Å². The maximum atomic E-state index is 11.5. The molecule has 1 aliphatic heterocycles. The summed E-state index contributed by atoms with van der Waals surface area (Å²) < 4.78 is 16.0. The molecule has 5 heteroatoms. The Bertz CT molecular complexity index is 209. The van der Waals surface area contributed by atoms with Gasteiger partial charge < -0.3 is 14.2 Å². The van der Waals surface area contributed by atoms with E-state index in [2.05, 4.69) is 0 Å². The van der Waals surface area contributed by atoms with Crippen molar-refractivity contribution < 1.29 is 14.1 Å². The van der Waals surface area contributed by atoms with Crippen molar-refractivity contribution in [1.29, 1.82) is 0 Å². The number of nitrogens with zero attached hydrogens (tertiary/aromatic N) is 1. The Morgan fingerprint density at radius 1 is 1.46 bits per heavy atom. The van der Waals surface area contributed by atoms with Gasteiger partial charge in [0.1, 0.15) is 6.10 Å². The van der Waals surface area contributed by atoms with Crippen molar-refractivity contribution in [3.05, 3.63) is 0 Å². The Morgan fingerprint density at radius 2 is 2.00 bits per heavy atom. The highest BCUT2D eigenvalue weighted by molar-refractivity contribution is 7.44. The minimum atomic E-state index is -1.38. The number of hydrogen-bond acceptors (Lipinski definition) is 3. The third-order valence-corrected chi connectivity index (χ3v) is 3.90. The molecule has 0 aromatic carbocycles. The van der Waals surface area contributed by atoms with Crippen LogP contribution in [0.25, 0.3) is 0 Å². The van der Waals surface area contributed by atoms with Gasteiger partial charge in [0.15, 0.2) is 0 Å². The Morgan fingerprint density at radius 3 is 2.46 bits per heavy atom. The summed E-state index contributed by atoms with van der Waals surface area (Å²) in [7, 11) is 0.148. The van der Waals surface area contributed by atoms with E-state index in [0.29, 0.717) is 25.4 Å². The van der Waals surface area contributed by atoms with E-state index >= 15 is 0 Å². The minimum Gasteiger partial charge on any atom is -0.372 e. The quantitative estimate of drug-likeness (QED) is 0.614. The molecule has 0 aromatic rings. The number of amides is 1. The van der Waals surface area contributed by atoms with E-state index in [1.54, 1.807) is 11.8 Å². The number of ether oxygens (including phenoxy) is 1. The number of carbonyl (C=O) groups is 1. The van der Waals surface area contributed by atoms with Crippen molar-refractivity contribution in [2.45, 2.75) is 13.0 Å². The van der Waals surface area contributed by atoms with Gasteiger partial charge >= 0.3 is 0 Å². The fourth-order valence-corrected chi connectivity index (χ4v) is 2.62. The second-order valence-electron chi connectivity index (χ2n) is 3.24. The van der Waals surface area contributed by atoms with E-state index < -0.39 is 7.80 Å². The van der Waals surface area contributed by atoms with E-state index in [0.717, 1.165) is 0 Å². The van der Waals surface area contributed by atoms with E-state index in [9.17, 15) is 9.36 Å². The first-order valence-electron chi connectivity index (χ1n) is 4.48. The maximum absolute atomic E-state index is 11.5. The molecule has 1 fully saturated rings. The lowest BCUT2D eigenvalue weighted by Crippen LogP contribution is -2.43. The van der Waals surface area contributed by atoms with Gasteiger partial charge in [-0.25, -0.2) is 0 Å². The van der Waals surface area contributed by atoms with Crippen molar-refractivity contribution in [1.82, 2.24) is 4.90 Å². The predicted octanol–water partition coefficient (Wildman–Crippen LogP) is 0.423. The number of carbonyl (C=O) groups excluding carboxylic acids is 1. The van der Waals surface area contributed by atoms with Gasteiger partial charge in [-0.05, 0) is 6.92 Å². The summed E-state index contributed by atoms with van der Waals surface area (Å²) in [6.07, 6.45) is 0.972. The van der Waals surface area contributed by atoms with Crippen molar-refractivity contribution >= 4 is 13.7 Å². The third kappa shape index (κ3) is 2.82. The van der Waals surface area contributed by atoms with Gasteiger partial charge in [-0.3, -0.25) is 4.79 Å². The highest BCUT2D eigenvalue weighted by Crippen LogP contribution is 2.24. The lowest BCUT2D eigenvalue weighted by molar-refractivity contribution is -0.140. The second kappa shape index (κ2) is 4.77. The minimum absolute atomic E-state index is 0.0111. The molecule has 0 saturated carbocycles. The summed E-state index contributed by atoms with van der Waals surface area (Å²) in [6, 6.07) is 0. The highest BCUT2D eigenvalue weighted by Gasteiger charge is 2.23.